The van der Waals surface area contributed by atoms with Crippen molar-refractivity contribution < 1.29 is 4.79 Å². The number of amides is 1. The maximum atomic E-state index is 12.2. The number of nitrogens with zero attached hydrogens (tertiary/aromatic N) is 2. The fraction of sp³-hybridized carbons (Fsp3) is 0.294. The number of rotatable bonds is 3. The Morgan fingerprint density at radius 1 is 1.19 bits per heavy atom. The van der Waals surface area contributed by atoms with Gasteiger partial charge < -0.3 is 10.2 Å². The van der Waals surface area contributed by atoms with Gasteiger partial charge in [0.05, 0.1) is 11.9 Å². The van der Waals surface area contributed by atoms with Crippen LogP contribution in [0.4, 0.5) is 11.4 Å². The van der Waals surface area contributed by atoms with Gasteiger partial charge in [0.15, 0.2) is 0 Å². The van der Waals surface area contributed by atoms with E-state index in [9.17, 15) is 4.79 Å². The molecule has 108 valence electrons. The number of carbonyl (C=O) groups excluding carboxylic acids is 1. The number of aromatic nitrogens is 1. The Morgan fingerprint density at radius 2 is 2.00 bits per heavy atom. The molecule has 4 heteroatoms. The highest BCUT2D eigenvalue weighted by Gasteiger charge is 2.14. The summed E-state index contributed by atoms with van der Waals surface area (Å²) in [6.07, 6.45) is 4.25. The molecule has 0 unspecified atom stereocenters. The largest absolute Gasteiger partial charge is 0.370 e. The minimum Gasteiger partial charge on any atom is -0.370 e. The molecule has 1 amide bonds. The lowest BCUT2D eigenvalue weighted by atomic mass is 10.2. The summed E-state index contributed by atoms with van der Waals surface area (Å²) in [6.45, 7) is 4.16. The van der Waals surface area contributed by atoms with Crippen LogP contribution in [-0.2, 0) is 0 Å². The van der Waals surface area contributed by atoms with Crippen LogP contribution in [0.3, 0.4) is 0 Å². The number of anilines is 2. The first-order valence-electron chi connectivity index (χ1n) is 7.31. The average molecular weight is 281 g/mol. The van der Waals surface area contributed by atoms with Crippen LogP contribution < -0.4 is 10.2 Å². The van der Waals surface area contributed by atoms with Crippen molar-refractivity contribution >= 4 is 17.3 Å². The van der Waals surface area contributed by atoms with Gasteiger partial charge >= 0.3 is 0 Å². The average Bonchev–Trinajstić information content (AvgIpc) is 3.01. The fourth-order valence-corrected chi connectivity index (χ4v) is 2.60. The summed E-state index contributed by atoms with van der Waals surface area (Å²) in [6, 6.07) is 11.5. The van der Waals surface area contributed by atoms with Crippen molar-refractivity contribution in [3.8, 4) is 0 Å². The van der Waals surface area contributed by atoms with Crippen LogP contribution in [-0.4, -0.2) is 24.0 Å². The van der Waals surface area contributed by atoms with Gasteiger partial charge in [-0.2, -0.15) is 0 Å². The standard InChI is InChI=1S/C17H19N3O/c1-13-5-4-6-14(11-13)19-17(21)16-8-7-15(12-18-16)20-9-2-3-10-20/h4-8,11-12H,2-3,9-10H2,1H3,(H,19,21). The number of nitrogens with one attached hydrogen (secondary N) is 1. The first-order valence-corrected chi connectivity index (χ1v) is 7.31. The van der Waals surface area contributed by atoms with Crippen molar-refractivity contribution in [3.63, 3.8) is 0 Å². The van der Waals surface area contributed by atoms with E-state index in [4.69, 9.17) is 0 Å². The van der Waals surface area contributed by atoms with E-state index >= 15 is 0 Å². The third kappa shape index (κ3) is 3.21. The molecule has 0 radical (unpaired) electrons. The molecule has 0 aliphatic carbocycles. The molecule has 1 N–H and O–H groups in total. The molecule has 0 bridgehead atoms. The number of pyridine rings is 1. The van der Waals surface area contributed by atoms with Crippen molar-refractivity contribution in [3.05, 3.63) is 53.9 Å². The Balaban J connectivity index is 1.70. The summed E-state index contributed by atoms with van der Waals surface area (Å²) < 4.78 is 0. The first-order chi connectivity index (χ1) is 10.2. The van der Waals surface area contributed by atoms with Crippen LogP contribution in [0.25, 0.3) is 0 Å². The zero-order chi connectivity index (χ0) is 14.7. The highest BCUT2D eigenvalue weighted by molar-refractivity contribution is 6.02. The molecule has 0 spiro atoms. The van der Waals surface area contributed by atoms with Gasteiger partial charge in [0.1, 0.15) is 5.69 Å². The predicted molar refractivity (Wildman–Crippen MR) is 84.8 cm³/mol. The fourth-order valence-electron chi connectivity index (χ4n) is 2.60. The second-order valence-corrected chi connectivity index (χ2v) is 5.42. The topological polar surface area (TPSA) is 45.2 Å². The third-order valence-corrected chi connectivity index (χ3v) is 3.73. The first kappa shape index (κ1) is 13.6. The van der Waals surface area contributed by atoms with E-state index in [1.807, 2.05) is 37.3 Å². The van der Waals surface area contributed by atoms with Gasteiger partial charge in [-0.25, -0.2) is 4.98 Å². The second-order valence-electron chi connectivity index (χ2n) is 5.42. The Bertz CT molecular complexity index is 631. The van der Waals surface area contributed by atoms with Gasteiger partial charge in [0.2, 0.25) is 0 Å². The smallest absolute Gasteiger partial charge is 0.274 e. The van der Waals surface area contributed by atoms with E-state index in [1.54, 1.807) is 12.3 Å². The van der Waals surface area contributed by atoms with Crippen molar-refractivity contribution in [2.75, 3.05) is 23.3 Å². The second kappa shape index (κ2) is 5.95. The highest BCUT2D eigenvalue weighted by atomic mass is 16.1. The molecule has 1 aromatic carbocycles. The lowest BCUT2D eigenvalue weighted by Crippen LogP contribution is -2.19. The van der Waals surface area contributed by atoms with E-state index < -0.39 is 0 Å². The molecular formula is C17H19N3O. The molecule has 0 atom stereocenters. The highest BCUT2D eigenvalue weighted by Crippen LogP contribution is 2.19. The molecule has 1 saturated heterocycles. The summed E-state index contributed by atoms with van der Waals surface area (Å²) in [5.74, 6) is -0.173. The van der Waals surface area contributed by atoms with Gasteiger partial charge in [0.25, 0.3) is 5.91 Å². The summed E-state index contributed by atoms with van der Waals surface area (Å²) in [5.41, 5.74) is 3.45. The Morgan fingerprint density at radius 3 is 2.67 bits per heavy atom. The Labute approximate surface area is 124 Å². The molecule has 1 aliphatic rings. The quantitative estimate of drug-likeness (QED) is 0.939. The summed E-state index contributed by atoms with van der Waals surface area (Å²) in [7, 11) is 0. The van der Waals surface area contributed by atoms with Gasteiger partial charge in [-0.1, -0.05) is 12.1 Å². The van der Waals surface area contributed by atoms with Gasteiger partial charge in [-0.05, 0) is 49.6 Å². The minimum absolute atomic E-state index is 0.173. The normalized spacial score (nSPS) is 14.2. The summed E-state index contributed by atoms with van der Waals surface area (Å²) in [5, 5.41) is 2.87. The van der Waals surface area contributed by atoms with Crippen LogP contribution >= 0.6 is 0 Å². The van der Waals surface area contributed by atoms with E-state index in [1.165, 1.54) is 12.8 Å². The van der Waals surface area contributed by atoms with Gasteiger partial charge in [-0.3, -0.25) is 4.79 Å². The van der Waals surface area contributed by atoms with Crippen LogP contribution in [0.15, 0.2) is 42.6 Å². The molecule has 0 saturated carbocycles. The SMILES string of the molecule is Cc1cccc(NC(=O)c2ccc(N3CCCC3)cn2)c1. The van der Waals surface area contributed by atoms with E-state index in [0.717, 1.165) is 30.0 Å². The third-order valence-electron chi connectivity index (χ3n) is 3.73. The molecule has 1 aliphatic heterocycles. The summed E-state index contributed by atoms with van der Waals surface area (Å²) in [4.78, 5) is 18.8. The Kier molecular flexibility index (Phi) is 3.86. The van der Waals surface area contributed by atoms with E-state index in [0.29, 0.717) is 5.69 Å². The van der Waals surface area contributed by atoms with E-state index in [2.05, 4.69) is 15.2 Å². The molecular weight excluding hydrogens is 262 g/mol. The lowest BCUT2D eigenvalue weighted by Gasteiger charge is -2.17. The zero-order valence-electron chi connectivity index (χ0n) is 12.2. The lowest BCUT2D eigenvalue weighted by molar-refractivity contribution is 0.102. The number of hydrogen-bond acceptors (Lipinski definition) is 3. The molecule has 2 heterocycles. The number of carbonyl (C=O) groups is 1. The van der Waals surface area contributed by atoms with Crippen LogP contribution in [0, 0.1) is 6.92 Å². The van der Waals surface area contributed by atoms with Crippen molar-refractivity contribution in [1.82, 2.24) is 4.98 Å². The summed E-state index contributed by atoms with van der Waals surface area (Å²) >= 11 is 0. The molecule has 3 rings (SSSR count). The van der Waals surface area contributed by atoms with Gasteiger partial charge in [-0.15, -0.1) is 0 Å². The maximum Gasteiger partial charge on any atom is 0.274 e. The van der Waals surface area contributed by atoms with Crippen LogP contribution in [0.1, 0.15) is 28.9 Å². The molecule has 1 aromatic heterocycles. The number of hydrogen-bond donors (Lipinski definition) is 1. The maximum absolute atomic E-state index is 12.2. The zero-order valence-corrected chi connectivity index (χ0v) is 12.2. The van der Waals surface area contributed by atoms with Gasteiger partial charge in [0, 0.05) is 18.8 Å². The predicted octanol–water partition coefficient (Wildman–Crippen LogP) is 3.24. The molecule has 1 fully saturated rings. The minimum atomic E-state index is -0.173. The molecule has 2 aromatic rings. The van der Waals surface area contributed by atoms with Crippen LogP contribution in [0.2, 0.25) is 0 Å². The number of benzene rings is 1. The van der Waals surface area contributed by atoms with E-state index in [-0.39, 0.29) is 5.91 Å². The molecule has 4 nitrogen and oxygen atoms in total. The van der Waals surface area contributed by atoms with Crippen molar-refractivity contribution in [2.24, 2.45) is 0 Å². The van der Waals surface area contributed by atoms with Crippen molar-refractivity contribution in [2.45, 2.75) is 19.8 Å². The monoisotopic (exact) mass is 281 g/mol. The van der Waals surface area contributed by atoms with Crippen molar-refractivity contribution in [1.29, 1.82) is 0 Å². The number of aryl methyl sites for hydroxylation is 1. The molecule has 21 heavy (non-hydrogen) atoms. The van der Waals surface area contributed by atoms with Crippen LogP contribution in [0.5, 0.6) is 0 Å². The Hall–Kier alpha value is -2.36.